The molecule has 0 atom stereocenters. The number of imidazole rings is 1. The average molecular weight is 237 g/mol. The molecule has 0 saturated carbocycles. The zero-order chi connectivity index (χ0) is 11.5. The number of aromatic nitrogens is 2. The molecule has 5 heteroatoms. The molecule has 0 radical (unpaired) electrons. The molecule has 0 bridgehead atoms. The molecule has 0 saturated heterocycles. The zero-order valence-corrected chi connectivity index (χ0v) is 9.31. The molecule has 0 fully saturated rings. The maximum Gasteiger partial charge on any atom is 0.207 e. The lowest BCUT2D eigenvalue weighted by molar-refractivity contribution is 0.112. The van der Waals surface area contributed by atoms with E-state index in [1.165, 1.54) is 7.11 Å². The molecule has 16 heavy (non-hydrogen) atoms. The summed E-state index contributed by atoms with van der Waals surface area (Å²) >= 11 is 5.91. The lowest BCUT2D eigenvalue weighted by Gasteiger charge is -2.11. The Morgan fingerprint density at radius 3 is 2.88 bits per heavy atom. The van der Waals surface area contributed by atoms with Gasteiger partial charge in [0.1, 0.15) is 11.4 Å². The monoisotopic (exact) mass is 236 g/mol. The molecule has 0 aliphatic carbocycles. The van der Waals surface area contributed by atoms with E-state index in [0.717, 1.165) is 6.29 Å². The number of aldehydes is 1. The second-order valence-electron chi connectivity index (χ2n) is 3.08. The molecule has 0 aliphatic rings. The van der Waals surface area contributed by atoms with Gasteiger partial charge in [-0.25, -0.2) is 4.98 Å². The van der Waals surface area contributed by atoms with Crippen molar-refractivity contribution in [2.24, 2.45) is 0 Å². The lowest BCUT2D eigenvalue weighted by Crippen LogP contribution is -2.01. The van der Waals surface area contributed by atoms with E-state index in [1.807, 2.05) is 0 Å². The van der Waals surface area contributed by atoms with Gasteiger partial charge in [-0.1, -0.05) is 6.07 Å². The Morgan fingerprint density at radius 1 is 1.50 bits per heavy atom. The summed E-state index contributed by atoms with van der Waals surface area (Å²) in [5.41, 5.74) is 1.10. The molecule has 1 aromatic carbocycles. The molecule has 0 unspecified atom stereocenters. The molecular weight excluding hydrogens is 228 g/mol. The number of ether oxygens (including phenoxy) is 1. The normalized spacial score (nSPS) is 10.1. The number of carbonyl (C=O) groups excluding carboxylic acids is 1. The molecule has 1 heterocycles. The fourth-order valence-electron chi connectivity index (χ4n) is 1.51. The molecule has 0 spiro atoms. The summed E-state index contributed by atoms with van der Waals surface area (Å²) in [6.45, 7) is 0. The SMILES string of the molecule is COc1cccc(C=O)c1-n1ccnc1Cl. The van der Waals surface area contributed by atoms with Crippen LogP contribution in [0.4, 0.5) is 0 Å². The van der Waals surface area contributed by atoms with Gasteiger partial charge in [0.2, 0.25) is 5.28 Å². The maximum atomic E-state index is 11.0. The first-order chi connectivity index (χ1) is 7.77. The highest BCUT2D eigenvalue weighted by Crippen LogP contribution is 2.27. The Morgan fingerprint density at radius 2 is 2.31 bits per heavy atom. The average Bonchev–Trinajstić information content (AvgIpc) is 2.74. The van der Waals surface area contributed by atoms with Crippen LogP contribution in [0.15, 0.2) is 30.6 Å². The number of carbonyl (C=O) groups is 1. The van der Waals surface area contributed by atoms with E-state index in [1.54, 1.807) is 35.2 Å². The fourth-order valence-corrected chi connectivity index (χ4v) is 1.71. The topological polar surface area (TPSA) is 44.1 Å². The Labute approximate surface area is 97.4 Å². The molecule has 2 aromatic rings. The summed E-state index contributed by atoms with van der Waals surface area (Å²) in [4.78, 5) is 14.9. The molecule has 0 N–H and O–H groups in total. The zero-order valence-electron chi connectivity index (χ0n) is 8.55. The Balaban J connectivity index is 2.71. The van der Waals surface area contributed by atoms with Crippen LogP contribution in [-0.4, -0.2) is 22.9 Å². The van der Waals surface area contributed by atoms with E-state index >= 15 is 0 Å². The van der Waals surface area contributed by atoms with Crippen LogP contribution in [0.1, 0.15) is 10.4 Å². The number of hydrogen-bond acceptors (Lipinski definition) is 3. The van der Waals surface area contributed by atoms with E-state index in [4.69, 9.17) is 16.3 Å². The minimum absolute atomic E-state index is 0.285. The van der Waals surface area contributed by atoms with E-state index in [2.05, 4.69) is 4.98 Å². The van der Waals surface area contributed by atoms with Crippen LogP contribution in [0.2, 0.25) is 5.28 Å². The first kappa shape index (κ1) is 10.7. The Kier molecular flexibility index (Phi) is 2.92. The van der Waals surface area contributed by atoms with Crippen molar-refractivity contribution in [1.82, 2.24) is 9.55 Å². The predicted octanol–water partition coefficient (Wildman–Crippen LogP) is 2.35. The van der Waals surface area contributed by atoms with E-state index < -0.39 is 0 Å². The van der Waals surface area contributed by atoms with Crippen LogP contribution in [0.25, 0.3) is 5.69 Å². The van der Waals surface area contributed by atoms with Crippen molar-refractivity contribution < 1.29 is 9.53 Å². The highest BCUT2D eigenvalue weighted by Gasteiger charge is 2.12. The third-order valence-corrected chi connectivity index (χ3v) is 2.49. The number of benzene rings is 1. The van der Waals surface area contributed by atoms with Gasteiger partial charge in [-0.2, -0.15) is 0 Å². The van der Waals surface area contributed by atoms with Crippen molar-refractivity contribution in [2.45, 2.75) is 0 Å². The number of halogens is 1. The van der Waals surface area contributed by atoms with Gasteiger partial charge >= 0.3 is 0 Å². The van der Waals surface area contributed by atoms with Gasteiger partial charge in [-0.05, 0) is 23.7 Å². The van der Waals surface area contributed by atoms with Gasteiger partial charge in [0.15, 0.2) is 6.29 Å². The number of para-hydroxylation sites is 1. The minimum atomic E-state index is 0.285. The molecule has 0 amide bonds. The van der Waals surface area contributed by atoms with Gasteiger partial charge in [0.25, 0.3) is 0 Å². The number of rotatable bonds is 3. The van der Waals surface area contributed by atoms with Crippen molar-refractivity contribution in [3.8, 4) is 11.4 Å². The van der Waals surface area contributed by atoms with Gasteiger partial charge in [0.05, 0.1) is 7.11 Å². The van der Waals surface area contributed by atoms with Crippen LogP contribution >= 0.6 is 11.6 Å². The second-order valence-corrected chi connectivity index (χ2v) is 3.42. The summed E-state index contributed by atoms with van der Waals surface area (Å²) in [5.74, 6) is 0.574. The van der Waals surface area contributed by atoms with Crippen LogP contribution in [0.3, 0.4) is 0 Å². The van der Waals surface area contributed by atoms with Crippen LogP contribution in [0.5, 0.6) is 5.75 Å². The van der Waals surface area contributed by atoms with Crippen molar-refractivity contribution in [3.63, 3.8) is 0 Å². The third-order valence-electron chi connectivity index (χ3n) is 2.21. The first-order valence-electron chi connectivity index (χ1n) is 4.59. The quantitative estimate of drug-likeness (QED) is 0.769. The molecule has 82 valence electrons. The molecule has 1 aromatic heterocycles. The molecule has 0 aliphatic heterocycles. The van der Waals surface area contributed by atoms with Gasteiger partial charge in [-0.15, -0.1) is 0 Å². The smallest absolute Gasteiger partial charge is 0.207 e. The predicted molar refractivity (Wildman–Crippen MR) is 60.5 cm³/mol. The van der Waals surface area contributed by atoms with Crippen LogP contribution in [0, 0.1) is 0 Å². The molecular formula is C11H9ClN2O2. The van der Waals surface area contributed by atoms with Crippen molar-refractivity contribution in [2.75, 3.05) is 7.11 Å². The number of methoxy groups -OCH3 is 1. The maximum absolute atomic E-state index is 11.0. The summed E-state index contributed by atoms with van der Waals surface area (Å²) in [6, 6.07) is 5.21. The van der Waals surface area contributed by atoms with Crippen molar-refractivity contribution in [3.05, 3.63) is 41.4 Å². The number of hydrogen-bond donors (Lipinski definition) is 0. The molecule has 2 rings (SSSR count). The standard InChI is InChI=1S/C11H9ClN2O2/c1-16-9-4-2-3-8(7-15)10(9)14-6-5-13-11(14)12/h2-7H,1H3. The van der Waals surface area contributed by atoms with Crippen molar-refractivity contribution in [1.29, 1.82) is 0 Å². The van der Waals surface area contributed by atoms with E-state index in [-0.39, 0.29) is 5.28 Å². The fraction of sp³-hybridized carbons (Fsp3) is 0.0909. The summed E-state index contributed by atoms with van der Waals surface area (Å²) in [7, 11) is 1.54. The highest BCUT2D eigenvalue weighted by molar-refractivity contribution is 6.28. The van der Waals surface area contributed by atoms with E-state index in [9.17, 15) is 4.79 Å². The van der Waals surface area contributed by atoms with Gasteiger partial charge < -0.3 is 4.74 Å². The summed E-state index contributed by atoms with van der Waals surface area (Å²) in [5, 5.41) is 0.285. The van der Waals surface area contributed by atoms with Crippen molar-refractivity contribution >= 4 is 17.9 Å². The lowest BCUT2D eigenvalue weighted by atomic mass is 10.2. The Bertz CT molecular complexity index is 522. The summed E-state index contributed by atoms with van der Waals surface area (Å²) in [6.07, 6.45) is 3.99. The second kappa shape index (κ2) is 4.37. The van der Waals surface area contributed by atoms with Gasteiger partial charge in [-0.3, -0.25) is 9.36 Å². The first-order valence-corrected chi connectivity index (χ1v) is 4.97. The largest absolute Gasteiger partial charge is 0.495 e. The highest BCUT2D eigenvalue weighted by atomic mass is 35.5. The Hall–Kier alpha value is -1.81. The van der Waals surface area contributed by atoms with Crippen LogP contribution < -0.4 is 4.74 Å². The number of nitrogens with zero attached hydrogens (tertiary/aromatic N) is 2. The van der Waals surface area contributed by atoms with E-state index in [0.29, 0.717) is 17.0 Å². The molecule has 4 nitrogen and oxygen atoms in total. The minimum Gasteiger partial charge on any atom is -0.495 e. The van der Waals surface area contributed by atoms with Crippen LogP contribution in [-0.2, 0) is 0 Å². The summed E-state index contributed by atoms with van der Waals surface area (Å²) < 4.78 is 6.80. The van der Waals surface area contributed by atoms with Gasteiger partial charge in [0, 0.05) is 18.0 Å². The third kappa shape index (κ3) is 1.67.